The maximum Gasteiger partial charge on any atom is 0.126 e. The third-order valence-corrected chi connectivity index (χ3v) is 4.43. The minimum Gasteiger partial charge on any atom is -0.327 e. The predicted molar refractivity (Wildman–Crippen MR) is 96.5 cm³/mol. The maximum absolute atomic E-state index is 4.82. The van der Waals surface area contributed by atoms with E-state index in [1.165, 1.54) is 16.6 Å². The summed E-state index contributed by atoms with van der Waals surface area (Å²) in [5.41, 5.74) is 4.99. The molecular weight excluding hydrogens is 282 g/mol. The molecule has 1 N–H and O–H groups in total. The van der Waals surface area contributed by atoms with Crippen LogP contribution in [0.25, 0.3) is 11.0 Å². The van der Waals surface area contributed by atoms with Crippen LogP contribution in [0.15, 0.2) is 48.5 Å². The fourth-order valence-corrected chi connectivity index (χ4v) is 3.01. The number of nitrogens with zero attached hydrogens (tertiary/aromatic N) is 2. The Hall–Kier alpha value is -2.13. The monoisotopic (exact) mass is 307 g/mol. The van der Waals surface area contributed by atoms with E-state index >= 15 is 0 Å². The number of benzene rings is 2. The van der Waals surface area contributed by atoms with Crippen LogP contribution in [0.4, 0.5) is 0 Å². The Labute approximate surface area is 138 Å². The Morgan fingerprint density at radius 3 is 2.39 bits per heavy atom. The number of hydrogen-bond donors (Lipinski definition) is 1. The quantitative estimate of drug-likeness (QED) is 0.728. The lowest BCUT2D eigenvalue weighted by Crippen LogP contribution is -2.21. The van der Waals surface area contributed by atoms with Gasteiger partial charge in [-0.05, 0) is 43.5 Å². The van der Waals surface area contributed by atoms with Crippen LogP contribution in [-0.2, 0) is 19.5 Å². The van der Waals surface area contributed by atoms with E-state index in [0.29, 0.717) is 0 Å². The van der Waals surface area contributed by atoms with Crippen LogP contribution in [0, 0.1) is 0 Å². The van der Waals surface area contributed by atoms with E-state index in [9.17, 15) is 0 Å². The molecule has 3 heteroatoms. The fraction of sp³-hybridized carbons (Fsp3) is 0.350. The molecule has 3 nitrogen and oxygen atoms in total. The van der Waals surface area contributed by atoms with Crippen LogP contribution in [0.2, 0.25) is 0 Å². The van der Waals surface area contributed by atoms with E-state index in [0.717, 1.165) is 30.9 Å². The van der Waals surface area contributed by atoms with E-state index in [-0.39, 0.29) is 6.04 Å². The van der Waals surface area contributed by atoms with Gasteiger partial charge < -0.3 is 9.88 Å². The molecule has 1 atom stereocenters. The standard InChI is InChI=1S/C20H25N3/c1-4-16-10-12-17(13-11-16)14-21-15(3)20-22-18-8-6-7-9-19(18)23(20)5-2/h6-13,15,21H,4-5,14H2,1-3H3. The Balaban J connectivity index is 1.76. The Morgan fingerprint density at radius 2 is 1.70 bits per heavy atom. The molecule has 1 unspecified atom stereocenters. The largest absolute Gasteiger partial charge is 0.327 e. The summed E-state index contributed by atoms with van der Waals surface area (Å²) in [5, 5.41) is 3.61. The molecule has 1 heterocycles. The molecule has 0 fully saturated rings. The lowest BCUT2D eigenvalue weighted by molar-refractivity contribution is 0.521. The molecule has 0 aliphatic carbocycles. The molecule has 0 bridgehead atoms. The fourth-order valence-electron chi connectivity index (χ4n) is 3.01. The normalized spacial score (nSPS) is 12.7. The number of imidazole rings is 1. The Morgan fingerprint density at radius 1 is 1.00 bits per heavy atom. The van der Waals surface area contributed by atoms with Crippen LogP contribution in [-0.4, -0.2) is 9.55 Å². The zero-order valence-corrected chi connectivity index (χ0v) is 14.2. The second kappa shape index (κ2) is 6.97. The first-order valence-corrected chi connectivity index (χ1v) is 8.49. The number of fused-ring (bicyclic) bond motifs is 1. The highest BCUT2D eigenvalue weighted by molar-refractivity contribution is 5.76. The summed E-state index contributed by atoms with van der Waals surface area (Å²) < 4.78 is 2.30. The Bertz CT molecular complexity index is 771. The average molecular weight is 307 g/mol. The van der Waals surface area contributed by atoms with E-state index in [4.69, 9.17) is 4.98 Å². The van der Waals surface area contributed by atoms with Crippen molar-refractivity contribution in [2.24, 2.45) is 0 Å². The first-order valence-electron chi connectivity index (χ1n) is 8.49. The third kappa shape index (κ3) is 3.30. The van der Waals surface area contributed by atoms with Crippen molar-refractivity contribution in [1.29, 1.82) is 0 Å². The van der Waals surface area contributed by atoms with Gasteiger partial charge in [0.25, 0.3) is 0 Å². The van der Waals surface area contributed by atoms with E-state index in [1.54, 1.807) is 0 Å². The van der Waals surface area contributed by atoms with Gasteiger partial charge in [0.05, 0.1) is 17.1 Å². The summed E-state index contributed by atoms with van der Waals surface area (Å²) in [6, 6.07) is 17.4. The number of nitrogens with one attached hydrogen (secondary N) is 1. The number of rotatable bonds is 6. The maximum atomic E-state index is 4.82. The van der Waals surface area contributed by atoms with Gasteiger partial charge in [-0.3, -0.25) is 0 Å². The van der Waals surface area contributed by atoms with Crippen molar-refractivity contribution in [3.8, 4) is 0 Å². The van der Waals surface area contributed by atoms with Crippen molar-refractivity contribution in [1.82, 2.24) is 14.9 Å². The van der Waals surface area contributed by atoms with Gasteiger partial charge in [-0.15, -0.1) is 0 Å². The number of aryl methyl sites for hydroxylation is 2. The SMILES string of the molecule is CCc1ccc(CNC(C)c2nc3ccccc3n2CC)cc1. The highest BCUT2D eigenvalue weighted by atomic mass is 15.1. The van der Waals surface area contributed by atoms with Gasteiger partial charge in [0, 0.05) is 13.1 Å². The highest BCUT2D eigenvalue weighted by Crippen LogP contribution is 2.21. The van der Waals surface area contributed by atoms with Crippen molar-refractivity contribution in [3.05, 3.63) is 65.5 Å². The summed E-state index contributed by atoms with van der Waals surface area (Å²) in [7, 11) is 0. The van der Waals surface area contributed by atoms with E-state index in [1.807, 2.05) is 6.07 Å². The second-order valence-electron chi connectivity index (χ2n) is 5.98. The Kier molecular flexibility index (Phi) is 4.77. The summed E-state index contributed by atoms with van der Waals surface area (Å²) in [6.07, 6.45) is 1.09. The molecular formula is C20H25N3. The minimum atomic E-state index is 0.216. The van der Waals surface area contributed by atoms with Crippen LogP contribution in [0.3, 0.4) is 0 Å². The number of hydrogen-bond acceptors (Lipinski definition) is 2. The van der Waals surface area contributed by atoms with Crippen molar-refractivity contribution in [3.63, 3.8) is 0 Å². The topological polar surface area (TPSA) is 29.9 Å². The van der Waals surface area contributed by atoms with Crippen molar-refractivity contribution < 1.29 is 0 Å². The van der Waals surface area contributed by atoms with Gasteiger partial charge >= 0.3 is 0 Å². The van der Waals surface area contributed by atoms with Crippen LogP contribution < -0.4 is 5.32 Å². The van der Waals surface area contributed by atoms with Crippen molar-refractivity contribution >= 4 is 11.0 Å². The smallest absolute Gasteiger partial charge is 0.126 e. The first-order chi connectivity index (χ1) is 11.2. The molecule has 120 valence electrons. The van der Waals surface area contributed by atoms with E-state index in [2.05, 4.69) is 73.1 Å². The molecule has 3 rings (SSSR count). The van der Waals surface area contributed by atoms with E-state index < -0.39 is 0 Å². The molecule has 2 aromatic carbocycles. The molecule has 1 aromatic heterocycles. The predicted octanol–water partition coefficient (Wildman–Crippen LogP) is 4.47. The summed E-state index contributed by atoms with van der Waals surface area (Å²) in [6.45, 7) is 8.34. The van der Waals surface area contributed by atoms with Gasteiger partial charge in [-0.2, -0.15) is 0 Å². The lowest BCUT2D eigenvalue weighted by atomic mass is 10.1. The first kappa shape index (κ1) is 15.8. The van der Waals surface area contributed by atoms with Gasteiger partial charge in [-0.25, -0.2) is 4.98 Å². The average Bonchev–Trinajstić information content (AvgIpc) is 2.98. The zero-order chi connectivity index (χ0) is 16.2. The summed E-state index contributed by atoms with van der Waals surface area (Å²) in [4.78, 5) is 4.82. The molecule has 0 saturated heterocycles. The lowest BCUT2D eigenvalue weighted by Gasteiger charge is -2.15. The minimum absolute atomic E-state index is 0.216. The van der Waals surface area contributed by atoms with Crippen molar-refractivity contribution in [2.45, 2.75) is 46.3 Å². The second-order valence-corrected chi connectivity index (χ2v) is 5.98. The van der Waals surface area contributed by atoms with Crippen LogP contribution >= 0.6 is 0 Å². The van der Waals surface area contributed by atoms with Gasteiger partial charge in [0.2, 0.25) is 0 Å². The molecule has 3 aromatic rings. The summed E-state index contributed by atoms with van der Waals surface area (Å²) in [5.74, 6) is 1.11. The molecule has 0 aliphatic rings. The molecule has 0 saturated carbocycles. The van der Waals surface area contributed by atoms with Gasteiger partial charge in [0.1, 0.15) is 5.82 Å². The molecule has 0 radical (unpaired) electrons. The molecule has 0 amide bonds. The highest BCUT2D eigenvalue weighted by Gasteiger charge is 2.15. The molecule has 0 spiro atoms. The zero-order valence-electron chi connectivity index (χ0n) is 14.2. The third-order valence-electron chi connectivity index (χ3n) is 4.43. The van der Waals surface area contributed by atoms with Crippen molar-refractivity contribution in [2.75, 3.05) is 0 Å². The number of aromatic nitrogens is 2. The molecule has 23 heavy (non-hydrogen) atoms. The van der Waals surface area contributed by atoms with Gasteiger partial charge in [0.15, 0.2) is 0 Å². The summed E-state index contributed by atoms with van der Waals surface area (Å²) >= 11 is 0. The van der Waals surface area contributed by atoms with Crippen LogP contribution in [0.5, 0.6) is 0 Å². The van der Waals surface area contributed by atoms with Gasteiger partial charge in [-0.1, -0.05) is 43.3 Å². The number of para-hydroxylation sites is 2. The molecule has 0 aliphatic heterocycles. The van der Waals surface area contributed by atoms with Crippen LogP contribution in [0.1, 0.15) is 43.8 Å².